The van der Waals surface area contributed by atoms with Crippen molar-refractivity contribution < 1.29 is 9.90 Å². The number of carboxylic acid groups (broad SMARTS) is 1. The number of hydrogen-bond donors (Lipinski definition) is 2. The van der Waals surface area contributed by atoms with Crippen LogP contribution in [0.4, 0.5) is 5.82 Å². The number of carbonyl (C=O) groups is 1. The minimum Gasteiger partial charge on any atom is -0.481 e. The smallest absolute Gasteiger partial charge is 0.311 e. The molecule has 2 N–H and O–H groups in total. The number of pyridine rings is 1. The summed E-state index contributed by atoms with van der Waals surface area (Å²) in [6.45, 7) is 0.365. The van der Waals surface area contributed by atoms with E-state index in [4.69, 9.17) is 5.26 Å². The van der Waals surface area contributed by atoms with E-state index in [1.165, 1.54) is 0 Å². The third-order valence-electron chi connectivity index (χ3n) is 4.01. The molecular formula is C15H19N3O2. The van der Waals surface area contributed by atoms with Crippen molar-refractivity contribution in [2.75, 3.05) is 11.9 Å². The molecule has 106 valence electrons. The zero-order valence-corrected chi connectivity index (χ0v) is 11.4. The number of nitrogens with zero attached hydrogens (tertiary/aromatic N) is 2. The standard InChI is InChI=1S/C15H19N3O2/c16-10-12-5-8-17-13(9-12)18-11-15(14(19)20)6-3-1-2-4-7-15/h5,8-9H,1-4,6-7,11H2,(H,17,18)(H,19,20). The van der Waals surface area contributed by atoms with E-state index >= 15 is 0 Å². The van der Waals surface area contributed by atoms with Crippen molar-refractivity contribution >= 4 is 11.8 Å². The van der Waals surface area contributed by atoms with Crippen LogP contribution in [0.15, 0.2) is 18.3 Å². The molecule has 1 aliphatic rings. The number of carboxylic acids is 1. The molecule has 0 atom stereocenters. The fraction of sp³-hybridized carbons (Fsp3) is 0.533. The normalized spacial score (nSPS) is 17.8. The first-order chi connectivity index (χ1) is 9.66. The molecule has 0 aliphatic heterocycles. The molecule has 1 heterocycles. The molecule has 0 spiro atoms. The summed E-state index contributed by atoms with van der Waals surface area (Å²) < 4.78 is 0. The van der Waals surface area contributed by atoms with Crippen LogP contribution in [-0.4, -0.2) is 22.6 Å². The Bertz CT molecular complexity index is 514. The van der Waals surface area contributed by atoms with Crippen molar-refractivity contribution in [1.82, 2.24) is 4.98 Å². The van der Waals surface area contributed by atoms with Gasteiger partial charge in [-0.15, -0.1) is 0 Å². The number of rotatable bonds is 4. The second-order valence-electron chi connectivity index (χ2n) is 5.39. The van der Waals surface area contributed by atoms with Crippen LogP contribution in [0, 0.1) is 16.7 Å². The van der Waals surface area contributed by atoms with E-state index in [0.29, 0.717) is 30.8 Å². The monoisotopic (exact) mass is 273 g/mol. The zero-order chi connectivity index (χ0) is 14.4. The van der Waals surface area contributed by atoms with Gasteiger partial charge in [0.05, 0.1) is 17.0 Å². The Morgan fingerprint density at radius 3 is 2.70 bits per heavy atom. The molecule has 2 rings (SSSR count). The SMILES string of the molecule is N#Cc1ccnc(NCC2(C(=O)O)CCCCCC2)c1. The van der Waals surface area contributed by atoms with Crippen molar-refractivity contribution in [2.45, 2.75) is 38.5 Å². The van der Waals surface area contributed by atoms with Gasteiger partial charge in [0.25, 0.3) is 0 Å². The highest BCUT2D eigenvalue weighted by molar-refractivity contribution is 5.75. The topological polar surface area (TPSA) is 86.0 Å². The summed E-state index contributed by atoms with van der Waals surface area (Å²) in [5.74, 6) is -0.169. The van der Waals surface area contributed by atoms with Crippen LogP contribution in [0.2, 0.25) is 0 Å². The van der Waals surface area contributed by atoms with Gasteiger partial charge in [0.2, 0.25) is 0 Å². The number of anilines is 1. The van der Waals surface area contributed by atoms with Gasteiger partial charge in [-0.05, 0) is 25.0 Å². The molecule has 1 saturated carbocycles. The van der Waals surface area contributed by atoms with Gasteiger partial charge in [0.1, 0.15) is 5.82 Å². The van der Waals surface area contributed by atoms with Crippen LogP contribution in [0.1, 0.15) is 44.1 Å². The molecule has 0 saturated heterocycles. The maximum atomic E-state index is 11.7. The number of aliphatic carboxylic acids is 1. The molecule has 1 aromatic heterocycles. The highest BCUT2D eigenvalue weighted by Crippen LogP contribution is 2.35. The quantitative estimate of drug-likeness (QED) is 0.824. The molecule has 1 aromatic rings. The van der Waals surface area contributed by atoms with Gasteiger partial charge in [0, 0.05) is 12.7 Å². The highest BCUT2D eigenvalue weighted by atomic mass is 16.4. The van der Waals surface area contributed by atoms with Gasteiger partial charge in [-0.3, -0.25) is 4.79 Å². The summed E-state index contributed by atoms with van der Waals surface area (Å²) in [6.07, 6.45) is 7.09. The van der Waals surface area contributed by atoms with E-state index in [1.807, 2.05) is 0 Å². The Morgan fingerprint density at radius 1 is 1.40 bits per heavy atom. The minimum absolute atomic E-state index is 0.365. The van der Waals surface area contributed by atoms with E-state index in [2.05, 4.69) is 16.4 Å². The van der Waals surface area contributed by atoms with Gasteiger partial charge in [-0.25, -0.2) is 4.98 Å². The average molecular weight is 273 g/mol. The summed E-state index contributed by atoms with van der Waals surface area (Å²) in [6, 6.07) is 5.33. The Labute approximate surface area is 118 Å². The van der Waals surface area contributed by atoms with E-state index in [9.17, 15) is 9.90 Å². The molecule has 1 fully saturated rings. The van der Waals surface area contributed by atoms with E-state index in [-0.39, 0.29) is 0 Å². The molecule has 0 amide bonds. The van der Waals surface area contributed by atoms with Crippen LogP contribution >= 0.6 is 0 Å². The molecular weight excluding hydrogens is 254 g/mol. The van der Waals surface area contributed by atoms with Crippen molar-refractivity contribution in [3.05, 3.63) is 23.9 Å². The van der Waals surface area contributed by atoms with Crippen molar-refractivity contribution in [3.63, 3.8) is 0 Å². The number of hydrogen-bond acceptors (Lipinski definition) is 4. The molecule has 0 unspecified atom stereocenters. The predicted octanol–water partition coefficient (Wildman–Crippen LogP) is 2.79. The number of nitrogens with one attached hydrogen (secondary N) is 1. The fourth-order valence-corrected chi connectivity index (χ4v) is 2.73. The van der Waals surface area contributed by atoms with E-state index in [0.717, 1.165) is 25.7 Å². The van der Waals surface area contributed by atoms with Crippen molar-refractivity contribution in [3.8, 4) is 6.07 Å². The Morgan fingerprint density at radius 2 is 2.10 bits per heavy atom. The molecule has 20 heavy (non-hydrogen) atoms. The summed E-state index contributed by atoms with van der Waals surface area (Å²) in [7, 11) is 0. The molecule has 1 aliphatic carbocycles. The predicted molar refractivity (Wildman–Crippen MR) is 75.2 cm³/mol. The zero-order valence-electron chi connectivity index (χ0n) is 11.4. The molecule has 5 nitrogen and oxygen atoms in total. The lowest BCUT2D eigenvalue weighted by Gasteiger charge is -2.28. The largest absolute Gasteiger partial charge is 0.481 e. The second kappa shape index (κ2) is 6.38. The van der Waals surface area contributed by atoms with Crippen molar-refractivity contribution in [1.29, 1.82) is 5.26 Å². The maximum absolute atomic E-state index is 11.7. The first kappa shape index (κ1) is 14.3. The van der Waals surface area contributed by atoms with Gasteiger partial charge in [-0.1, -0.05) is 25.7 Å². The highest BCUT2D eigenvalue weighted by Gasteiger charge is 2.38. The summed E-state index contributed by atoms with van der Waals surface area (Å²) in [5.41, 5.74) is -0.186. The average Bonchev–Trinajstić information content (AvgIpc) is 2.72. The van der Waals surface area contributed by atoms with E-state index in [1.54, 1.807) is 18.3 Å². The fourth-order valence-electron chi connectivity index (χ4n) is 2.73. The summed E-state index contributed by atoms with van der Waals surface area (Å²) in [5, 5.41) is 21.5. The van der Waals surface area contributed by atoms with Crippen LogP contribution in [0.25, 0.3) is 0 Å². The van der Waals surface area contributed by atoms with Gasteiger partial charge >= 0.3 is 5.97 Å². The third-order valence-corrected chi connectivity index (χ3v) is 4.01. The van der Waals surface area contributed by atoms with Crippen LogP contribution in [0.5, 0.6) is 0 Å². The molecule has 0 aromatic carbocycles. The van der Waals surface area contributed by atoms with Crippen molar-refractivity contribution in [2.24, 2.45) is 5.41 Å². The van der Waals surface area contributed by atoms with Crippen LogP contribution in [-0.2, 0) is 4.79 Å². The molecule has 5 heteroatoms. The maximum Gasteiger partial charge on any atom is 0.311 e. The van der Waals surface area contributed by atoms with Crippen LogP contribution in [0.3, 0.4) is 0 Å². The first-order valence-corrected chi connectivity index (χ1v) is 7.00. The third kappa shape index (κ3) is 3.27. The Balaban J connectivity index is 2.08. The van der Waals surface area contributed by atoms with Gasteiger partial charge < -0.3 is 10.4 Å². The van der Waals surface area contributed by atoms with Crippen LogP contribution < -0.4 is 5.32 Å². The van der Waals surface area contributed by atoms with Gasteiger partial charge in [0.15, 0.2) is 0 Å². The summed E-state index contributed by atoms with van der Waals surface area (Å²) in [4.78, 5) is 15.8. The lowest BCUT2D eigenvalue weighted by molar-refractivity contribution is -0.149. The number of nitriles is 1. The number of aromatic nitrogens is 1. The Kier molecular flexibility index (Phi) is 4.57. The minimum atomic E-state index is -0.733. The lowest BCUT2D eigenvalue weighted by Crippen LogP contribution is -2.37. The second-order valence-corrected chi connectivity index (χ2v) is 5.39. The van der Waals surface area contributed by atoms with Gasteiger partial charge in [-0.2, -0.15) is 5.26 Å². The van der Waals surface area contributed by atoms with E-state index < -0.39 is 11.4 Å². The molecule has 0 radical (unpaired) electrons. The summed E-state index contributed by atoms with van der Waals surface area (Å²) >= 11 is 0. The first-order valence-electron chi connectivity index (χ1n) is 7.00. The lowest BCUT2D eigenvalue weighted by atomic mass is 9.80. The Hall–Kier alpha value is -2.09. The molecule has 0 bridgehead atoms.